The summed E-state index contributed by atoms with van der Waals surface area (Å²) in [7, 11) is 3.09. The van der Waals surface area contributed by atoms with Gasteiger partial charge in [0.2, 0.25) is 0 Å². The topological polar surface area (TPSA) is 113 Å². The van der Waals surface area contributed by atoms with Crippen molar-refractivity contribution in [1.82, 2.24) is 4.98 Å². The Hall–Kier alpha value is -4.66. The van der Waals surface area contributed by atoms with Crippen molar-refractivity contribution < 1.29 is 23.9 Å². The van der Waals surface area contributed by atoms with E-state index in [4.69, 9.17) is 19.2 Å². The Balaban J connectivity index is 1.78. The van der Waals surface area contributed by atoms with Crippen LogP contribution in [0.5, 0.6) is 17.2 Å². The summed E-state index contributed by atoms with van der Waals surface area (Å²) in [6.07, 6.45) is 0. The predicted octanol–water partition coefficient (Wildman–Crippen LogP) is 5.48. The molecule has 1 amide bonds. The molecular weight excluding hydrogens is 450 g/mol. The molecule has 1 N–H and O–H groups in total. The molecule has 3 aromatic carbocycles. The molecule has 0 unspecified atom stereocenters. The van der Waals surface area contributed by atoms with Crippen LogP contribution in [0.1, 0.15) is 17.3 Å². The van der Waals surface area contributed by atoms with Crippen LogP contribution in [0.2, 0.25) is 0 Å². The minimum absolute atomic E-state index is 0.0667. The van der Waals surface area contributed by atoms with Gasteiger partial charge in [-0.15, -0.1) is 0 Å². The minimum atomic E-state index is -0.558. The van der Waals surface area contributed by atoms with Crippen LogP contribution in [-0.2, 0) is 0 Å². The van der Waals surface area contributed by atoms with Crippen molar-refractivity contribution in [2.45, 2.75) is 6.92 Å². The molecule has 0 bridgehead atoms. The monoisotopic (exact) mass is 473 g/mol. The molecule has 1 heterocycles. The van der Waals surface area contributed by atoms with E-state index in [1.807, 2.05) is 12.1 Å². The van der Waals surface area contributed by atoms with E-state index in [0.717, 1.165) is 5.56 Å². The number of carbonyl (C=O) groups is 1. The van der Waals surface area contributed by atoms with E-state index >= 15 is 0 Å². The Morgan fingerprint density at radius 1 is 1.00 bits per heavy atom. The average molecular weight is 473 g/mol. The van der Waals surface area contributed by atoms with E-state index in [-0.39, 0.29) is 11.4 Å². The normalized spacial score (nSPS) is 10.6. The van der Waals surface area contributed by atoms with Crippen LogP contribution in [0, 0.1) is 10.1 Å². The number of rotatable bonds is 8. The fourth-order valence-corrected chi connectivity index (χ4v) is 3.72. The molecule has 178 valence electrons. The summed E-state index contributed by atoms with van der Waals surface area (Å²) in [5.41, 5.74) is 1.99. The molecule has 9 nitrogen and oxygen atoms in total. The first-order valence-corrected chi connectivity index (χ1v) is 10.8. The molecule has 0 aliphatic heterocycles. The zero-order valence-electron chi connectivity index (χ0n) is 19.4. The molecule has 0 radical (unpaired) electrons. The molecule has 0 aliphatic carbocycles. The number of nitro groups is 1. The maximum absolute atomic E-state index is 13.4. The molecule has 0 spiro atoms. The predicted molar refractivity (Wildman–Crippen MR) is 133 cm³/mol. The van der Waals surface area contributed by atoms with Crippen LogP contribution in [0.3, 0.4) is 0 Å². The molecule has 4 rings (SSSR count). The minimum Gasteiger partial charge on any atom is -0.494 e. The van der Waals surface area contributed by atoms with Gasteiger partial charge in [-0.2, -0.15) is 0 Å². The van der Waals surface area contributed by atoms with Crippen LogP contribution in [0.4, 0.5) is 11.4 Å². The van der Waals surface area contributed by atoms with Gasteiger partial charge < -0.3 is 19.5 Å². The highest BCUT2D eigenvalue weighted by atomic mass is 16.6. The number of nitrogens with one attached hydrogen (secondary N) is 1. The van der Waals surface area contributed by atoms with Gasteiger partial charge in [-0.3, -0.25) is 14.9 Å². The maximum atomic E-state index is 13.4. The largest absolute Gasteiger partial charge is 0.494 e. The zero-order chi connectivity index (χ0) is 24.9. The molecule has 0 saturated carbocycles. The summed E-state index contributed by atoms with van der Waals surface area (Å²) in [6, 6.07) is 18.5. The first kappa shape index (κ1) is 23.5. The number of amides is 1. The SMILES string of the molecule is CCOc1ccc(NC(=O)c2cc(-c3ccc(OC)c(OC)c3)nc3ccccc23)c([N+](=O)[O-])c1. The number of benzene rings is 3. The van der Waals surface area contributed by atoms with E-state index in [9.17, 15) is 14.9 Å². The van der Waals surface area contributed by atoms with Crippen molar-refractivity contribution in [2.24, 2.45) is 0 Å². The summed E-state index contributed by atoms with van der Waals surface area (Å²) in [4.78, 5) is 29.2. The molecule has 0 saturated heterocycles. The molecular formula is C26H23N3O6. The Labute approximate surface area is 201 Å². The number of aromatic nitrogens is 1. The lowest BCUT2D eigenvalue weighted by atomic mass is 10.0. The quantitative estimate of drug-likeness (QED) is 0.266. The van der Waals surface area contributed by atoms with Crippen molar-refractivity contribution in [3.05, 3.63) is 82.4 Å². The third-order valence-electron chi connectivity index (χ3n) is 5.37. The van der Waals surface area contributed by atoms with Gasteiger partial charge in [0.05, 0.1) is 48.6 Å². The van der Waals surface area contributed by atoms with Gasteiger partial charge in [0.15, 0.2) is 11.5 Å². The van der Waals surface area contributed by atoms with Crippen LogP contribution in [0.15, 0.2) is 66.7 Å². The number of anilines is 1. The number of nitrogens with zero attached hydrogens (tertiary/aromatic N) is 2. The number of carbonyl (C=O) groups excluding carboxylic acids is 1. The van der Waals surface area contributed by atoms with Gasteiger partial charge in [0, 0.05) is 10.9 Å². The van der Waals surface area contributed by atoms with Crippen molar-refractivity contribution in [3.8, 4) is 28.5 Å². The van der Waals surface area contributed by atoms with E-state index in [1.165, 1.54) is 19.2 Å². The fraction of sp³-hybridized carbons (Fsp3) is 0.154. The third-order valence-corrected chi connectivity index (χ3v) is 5.37. The Morgan fingerprint density at radius 3 is 2.49 bits per heavy atom. The lowest BCUT2D eigenvalue weighted by Gasteiger charge is -2.13. The van der Waals surface area contributed by atoms with E-state index in [1.54, 1.807) is 56.5 Å². The first-order valence-electron chi connectivity index (χ1n) is 10.8. The molecule has 0 fully saturated rings. The van der Waals surface area contributed by atoms with Crippen molar-refractivity contribution in [1.29, 1.82) is 0 Å². The second-order valence-corrected chi connectivity index (χ2v) is 7.47. The van der Waals surface area contributed by atoms with Crippen molar-refractivity contribution in [2.75, 3.05) is 26.1 Å². The lowest BCUT2D eigenvalue weighted by Crippen LogP contribution is -2.14. The van der Waals surface area contributed by atoms with Crippen molar-refractivity contribution >= 4 is 28.2 Å². The standard InChI is InChI=1S/C26H23N3O6/c1-4-35-17-10-11-21(23(14-17)29(31)32)28-26(30)19-15-22(27-20-8-6-5-7-18(19)20)16-9-12-24(33-2)25(13-16)34-3/h5-15H,4H2,1-3H3,(H,28,30). The van der Waals surface area contributed by atoms with Gasteiger partial charge in [-0.1, -0.05) is 18.2 Å². The Morgan fingerprint density at radius 2 is 1.77 bits per heavy atom. The first-order chi connectivity index (χ1) is 16.9. The smallest absolute Gasteiger partial charge is 0.296 e. The van der Waals surface area contributed by atoms with Gasteiger partial charge in [-0.05, 0) is 49.4 Å². The third kappa shape index (κ3) is 4.84. The highest BCUT2D eigenvalue weighted by Crippen LogP contribution is 2.34. The number of hydrogen-bond donors (Lipinski definition) is 1. The molecule has 9 heteroatoms. The highest BCUT2D eigenvalue weighted by molar-refractivity contribution is 6.13. The fourth-order valence-electron chi connectivity index (χ4n) is 3.72. The van der Waals surface area contributed by atoms with E-state index < -0.39 is 10.8 Å². The second-order valence-electron chi connectivity index (χ2n) is 7.47. The van der Waals surface area contributed by atoms with Gasteiger partial charge in [-0.25, -0.2) is 4.98 Å². The number of pyridine rings is 1. The Bertz CT molecular complexity index is 1420. The summed E-state index contributed by atoms with van der Waals surface area (Å²) in [6.45, 7) is 2.15. The van der Waals surface area contributed by atoms with Crippen LogP contribution in [-0.4, -0.2) is 36.6 Å². The number of fused-ring (bicyclic) bond motifs is 1. The molecule has 0 aliphatic rings. The number of ether oxygens (including phenoxy) is 3. The van der Waals surface area contributed by atoms with Gasteiger partial charge >= 0.3 is 0 Å². The molecule has 35 heavy (non-hydrogen) atoms. The number of nitro benzene ring substituents is 1. The molecule has 0 atom stereocenters. The molecule has 4 aromatic rings. The summed E-state index contributed by atoms with van der Waals surface area (Å²) >= 11 is 0. The van der Waals surface area contributed by atoms with E-state index in [2.05, 4.69) is 5.32 Å². The van der Waals surface area contributed by atoms with Gasteiger partial charge in [0.25, 0.3) is 11.6 Å². The number of hydrogen-bond acceptors (Lipinski definition) is 7. The van der Waals surface area contributed by atoms with Crippen LogP contribution < -0.4 is 19.5 Å². The number of methoxy groups -OCH3 is 2. The number of para-hydroxylation sites is 1. The highest BCUT2D eigenvalue weighted by Gasteiger charge is 2.20. The average Bonchev–Trinajstić information content (AvgIpc) is 2.88. The van der Waals surface area contributed by atoms with Gasteiger partial charge in [0.1, 0.15) is 11.4 Å². The maximum Gasteiger partial charge on any atom is 0.296 e. The summed E-state index contributed by atoms with van der Waals surface area (Å²) < 4.78 is 16.1. The second kappa shape index (κ2) is 10.1. The molecule has 1 aromatic heterocycles. The lowest BCUT2D eigenvalue weighted by molar-refractivity contribution is -0.384. The van der Waals surface area contributed by atoms with E-state index in [0.29, 0.717) is 46.0 Å². The Kier molecular flexibility index (Phi) is 6.77. The zero-order valence-corrected chi connectivity index (χ0v) is 19.4. The van der Waals surface area contributed by atoms with Crippen LogP contribution >= 0.6 is 0 Å². The summed E-state index contributed by atoms with van der Waals surface area (Å²) in [5, 5.41) is 14.9. The van der Waals surface area contributed by atoms with Crippen molar-refractivity contribution in [3.63, 3.8) is 0 Å². The van der Waals surface area contributed by atoms with Crippen LogP contribution in [0.25, 0.3) is 22.2 Å². The summed E-state index contributed by atoms with van der Waals surface area (Å²) in [5.74, 6) is 0.939.